The first kappa shape index (κ1) is 18.8. The monoisotopic (exact) mass is 326 g/mol. The van der Waals surface area contributed by atoms with Gasteiger partial charge in [-0.15, -0.1) is 12.4 Å². The van der Waals surface area contributed by atoms with Crippen LogP contribution in [0, 0.1) is 13.8 Å². The zero-order valence-electron chi connectivity index (χ0n) is 13.7. The highest BCUT2D eigenvalue weighted by Crippen LogP contribution is 2.19. The topological polar surface area (TPSA) is 41.6 Å². The number of carbonyl (C=O) groups excluding carboxylic acids is 1. The van der Waals surface area contributed by atoms with E-state index in [0.717, 1.165) is 43.8 Å². The summed E-state index contributed by atoms with van der Waals surface area (Å²) in [5.74, 6) is 0.889. The molecule has 1 aliphatic heterocycles. The Morgan fingerprint density at radius 3 is 2.77 bits per heavy atom. The van der Waals surface area contributed by atoms with Gasteiger partial charge in [0.25, 0.3) is 5.91 Å². The molecule has 2 rings (SSSR count). The van der Waals surface area contributed by atoms with E-state index in [9.17, 15) is 4.79 Å². The van der Waals surface area contributed by atoms with Crippen molar-refractivity contribution in [2.75, 3.05) is 26.2 Å². The second kappa shape index (κ2) is 9.01. The van der Waals surface area contributed by atoms with E-state index in [1.807, 2.05) is 24.0 Å². The Morgan fingerprint density at radius 2 is 2.18 bits per heavy atom. The third kappa shape index (κ3) is 4.89. The Bertz CT molecular complexity index is 488. The van der Waals surface area contributed by atoms with Crippen molar-refractivity contribution in [3.8, 4) is 5.75 Å². The van der Waals surface area contributed by atoms with E-state index in [1.54, 1.807) is 0 Å². The number of hydrogen-bond donors (Lipinski definition) is 1. The maximum absolute atomic E-state index is 12.4. The highest BCUT2D eigenvalue weighted by atomic mass is 35.5. The molecule has 5 heteroatoms. The molecule has 0 aliphatic carbocycles. The second-order valence-electron chi connectivity index (χ2n) is 5.79. The van der Waals surface area contributed by atoms with Crippen LogP contribution in [-0.2, 0) is 4.79 Å². The molecule has 22 heavy (non-hydrogen) atoms. The number of benzene rings is 1. The van der Waals surface area contributed by atoms with E-state index in [0.29, 0.717) is 6.04 Å². The summed E-state index contributed by atoms with van der Waals surface area (Å²) >= 11 is 0. The minimum absolute atomic E-state index is 0. The van der Waals surface area contributed by atoms with Gasteiger partial charge >= 0.3 is 0 Å². The van der Waals surface area contributed by atoms with Gasteiger partial charge in [0.15, 0.2) is 6.61 Å². The molecule has 1 saturated heterocycles. The normalized spacial score (nSPS) is 17.0. The lowest BCUT2D eigenvalue weighted by Crippen LogP contribution is -2.44. The summed E-state index contributed by atoms with van der Waals surface area (Å²) in [6.07, 6.45) is 2.01. The van der Waals surface area contributed by atoms with Gasteiger partial charge in [-0.1, -0.05) is 24.6 Å². The molecule has 0 aromatic heterocycles. The fraction of sp³-hybridized carbons (Fsp3) is 0.588. The summed E-state index contributed by atoms with van der Waals surface area (Å²) in [5, 5.41) is 3.32. The van der Waals surface area contributed by atoms with Crippen LogP contribution in [0.25, 0.3) is 0 Å². The maximum atomic E-state index is 12.4. The Morgan fingerprint density at radius 1 is 1.41 bits per heavy atom. The van der Waals surface area contributed by atoms with Crippen LogP contribution in [0.4, 0.5) is 0 Å². The number of nitrogens with zero attached hydrogens (tertiary/aromatic N) is 1. The van der Waals surface area contributed by atoms with E-state index < -0.39 is 0 Å². The van der Waals surface area contributed by atoms with Gasteiger partial charge in [-0.3, -0.25) is 4.79 Å². The molecule has 1 amide bonds. The van der Waals surface area contributed by atoms with Crippen molar-refractivity contribution in [2.45, 2.75) is 39.7 Å². The number of amides is 1. The summed E-state index contributed by atoms with van der Waals surface area (Å²) in [6, 6.07) is 6.35. The quantitative estimate of drug-likeness (QED) is 0.874. The molecule has 0 bridgehead atoms. The molecule has 1 unspecified atom stereocenters. The average molecular weight is 327 g/mol. The fourth-order valence-electron chi connectivity index (χ4n) is 2.84. The van der Waals surface area contributed by atoms with Gasteiger partial charge in [-0.2, -0.15) is 0 Å². The standard InChI is InChI=1S/C17H26N2O2.ClH/c1-4-9-19(15-7-8-18-11-15)17(20)12-21-16-6-5-13(2)10-14(16)3;/h5-6,10,15,18H,4,7-9,11-12H2,1-3H3;1H. The van der Waals surface area contributed by atoms with Gasteiger partial charge in [0.2, 0.25) is 0 Å². The van der Waals surface area contributed by atoms with E-state index in [2.05, 4.69) is 25.2 Å². The predicted molar refractivity (Wildman–Crippen MR) is 91.9 cm³/mol. The average Bonchev–Trinajstić information content (AvgIpc) is 2.97. The SMILES string of the molecule is CCCN(C(=O)COc1ccc(C)cc1C)C1CCNC1.Cl. The number of carbonyl (C=O) groups is 1. The van der Waals surface area contributed by atoms with Crippen LogP contribution in [0.5, 0.6) is 5.75 Å². The molecule has 1 atom stereocenters. The molecule has 4 nitrogen and oxygen atoms in total. The first-order chi connectivity index (χ1) is 10.1. The van der Waals surface area contributed by atoms with Gasteiger partial charge in [0.1, 0.15) is 5.75 Å². The number of rotatable bonds is 6. The molecule has 124 valence electrons. The van der Waals surface area contributed by atoms with Crippen LogP contribution in [0.2, 0.25) is 0 Å². The minimum atomic E-state index is 0. The van der Waals surface area contributed by atoms with Gasteiger partial charge < -0.3 is 15.0 Å². The van der Waals surface area contributed by atoms with Gasteiger partial charge in [0, 0.05) is 19.1 Å². The molecule has 1 heterocycles. The Labute approximate surface area is 139 Å². The minimum Gasteiger partial charge on any atom is -0.484 e. The van der Waals surface area contributed by atoms with Crippen molar-refractivity contribution in [3.05, 3.63) is 29.3 Å². The van der Waals surface area contributed by atoms with Crippen LogP contribution in [0.15, 0.2) is 18.2 Å². The molecule has 0 saturated carbocycles. The van der Waals surface area contributed by atoms with Gasteiger partial charge in [0.05, 0.1) is 0 Å². The number of aryl methyl sites for hydroxylation is 2. The van der Waals surface area contributed by atoms with Crippen molar-refractivity contribution in [1.29, 1.82) is 0 Å². The predicted octanol–water partition coefficient (Wildman–Crippen LogP) is 2.70. The molecule has 0 radical (unpaired) electrons. The molecule has 1 aromatic carbocycles. The lowest BCUT2D eigenvalue weighted by molar-refractivity contribution is -0.135. The van der Waals surface area contributed by atoms with Gasteiger partial charge in [-0.05, 0) is 44.9 Å². The Kier molecular flexibility index (Phi) is 7.69. The molecule has 1 aliphatic rings. The maximum Gasteiger partial charge on any atom is 0.260 e. The van der Waals surface area contributed by atoms with Gasteiger partial charge in [-0.25, -0.2) is 0 Å². The highest BCUT2D eigenvalue weighted by Gasteiger charge is 2.26. The highest BCUT2D eigenvalue weighted by molar-refractivity contribution is 5.85. The second-order valence-corrected chi connectivity index (χ2v) is 5.79. The summed E-state index contributed by atoms with van der Waals surface area (Å²) in [6.45, 7) is 9.00. The summed E-state index contributed by atoms with van der Waals surface area (Å²) in [5.41, 5.74) is 2.28. The van der Waals surface area contributed by atoms with E-state index in [-0.39, 0.29) is 24.9 Å². The third-order valence-electron chi connectivity index (χ3n) is 3.94. The largest absolute Gasteiger partial charge is 0.484 e. The lowest BCUT2D eigenvalue weighted by atomic mass is 10.1. The van der Waals surface area contributed by atoms with Crippen LogP contribution in [-0.4, -0.2) is 43.1 Å². The molecule has 0 spiro atoms. The fourth-order valence-corrected chi connectivity index (χ4v) is 2.84. The van der Waals surface area contributed by atoms with Crippen LogP contribution in [0.1, 0.15) is 30.9 Å². The first-order valence-corrected chi connectivity index (χ1v) is 7.82. The molecule has 1 aromatic rings. The third-order valence-corrected chi connectivity index (χ3v) is 3.94. The number of hydrogen-bond acceptors (Lipinski definition) is 3. The molecule has 1 fully saturated rings. The van der Waals surface area contributed by atoms with Crippen molar-refractivity contribution in [1.82, 2.24) is 10.2 Å². The van der Waals surface area contributed by atoms with E-state index >= 15 is 0 Å². The van der Waals surface area contributed by atoms with Crippen LogP contribution >= 0.6 is 12.4 Å². The first-order valence-electron chi connectivity index (χ1n) is 7.82. The zero-order chi connectivity index (χ0) is 15.2. The summed E-state index contributed by atoms with van der Waals surface area (Å²) in [7, 11) is 0. The lowest BCUT2D eigenvalue weighted by Gasteiger charge is -2.28. The molecular formula is C17H27ClN2O2. The molecule has 1 N–H and O–H groups in total. The van der Waals surface area contributed by atoms with Crippen molar-refractivity contribution in [2.24, 2.45) is 0 Å². The molecular weight excluding hydrogens is 300 g/mol. The van der Waals surface area contributed by atoms with Crippen LogP contribution < -0.4 is 10.1 Å². The number of halogens is 1. The van der Waals surface area contributed by atoms with Crippen molar-refractivity contribution >= 4 is 18.3 Å². The zero-order valence-corrected chi connectivity index (χ0v) is 14.5. The van der Waals surface area contributed by atoms with E-state index in [4.69, 9.17) is 4.74 Å². The van der Waals surface area contributed by atoms with E-state index in [1.165, 1.54) is 5.56 Å². The Hall–Kier alpha value is -1.26. The smallest absolute Gasteiger partial charge is 0.260 e. The number of nitrogens with one attached hydrogen (secondary N) is 1. The Balaban J connectivity index is 0.00000242. The van der Waals surface area contributed by atoms with Crippen molar-refractivity contribution in [3.63, 3.8) is 0 Å². The summed E-state index contributed by atoms with van der Waals surface area (Å²) in [4.78, 5) is 14.4. The van der Waals surface area contributed by atoms with Crippen LogP contribution in [0.3, 0.4) is 0 Å². The van der Waals surface area contributed by atoms with Crippen molar-refractivity contribution < 1.29 is 9.53 Å². The number of ether oxygens (including phenoxy) is 1. The summed E-state index contributed by atoms with van der Waals surface area (Å²) < 4.78 is 5.73.